The van der Waals surface area contributed by atoms with E-state index >= 15 is 0 Å². The number of ether oxygens (including phenoxy) is 1. The molecule has 0 saturated heterocycles. The van der Waals surface area contributed by atoms with Gasteiger partial charge >= 0.3 is 5.97 Å². The van der Waals surface area contributed by atoms with Crippen LogP contribution in [0.3, 0.4) is 0 Å². The number of carbonyl (C=O) groups excluding carboxylic acids is 1. The van der Waals surface area contributed by atoms with Crippen molar-refractivity contribution < 1.29 is 14.1 Å². The molecule has 0 saturated carbocycles. The second-order valence-corrected chi connectivity index (χ2v) is 7.88. The number of fused-ring (bicyclic) bond motifs is 2. The number of nitrogens with zero attached hydrogens (tertiary/aromatic N) is 3. The standard InChI is InChI=1S/C25H23N3O3/c1-17-13-19(27-31-17)16-30-25(29)24-20-9-5-6-10-22(20)26-23-11-12-28(15-21(23)24)14-18-7-3-2-4-8-18/h2-10,13H,11-12,14-16H2,1H3. The summed E-state index contributed by atoms with van der Waals surface area (Å²) in [5, 5.41) is 4.74. The van der Waals surface area contributed by atoms with E-state index in [2.05, 4.69) is 34.3 Å². The summed E-state index contributed by atoms with van der Waals surface area (Å²) in [4.78, 5) is 20.5. The first-order valence-electron chi connectivity index (χ1n) is 10.4. The Morgan fingerprint density at radius 3 is 2.74 bits per heavy atom. The van der Waals surface area contributed by atoms with Gasteiger partial charge in [0.2, 0.25) is 0 Å². The minimum absolute atomic E-state index is 0.0787. The minimum atomic E-state index is -0.350. The highest BCUT2D eigenvalue weighted by Gasteiger charge is 2.27. The van der Waals surface area contributed by atoms with Crippen LogP contribution in [0.25, 0.3) is 10.9 Å². The van der Waals surface area contributed by atoms with Crippen LogP contribution < -0.4 is 0 Å². The van der Waals surface area contributed by atoms with Gasteiger partial charge in [-0.25, -0.2) is 4.79 Å². The second-order valence-electron chi connectivity index (χ2n) is 7.88. The number of carbonyl (C=O) groups is 1. The molecule has 0 unspecified atom stereocenters. The van der Waals surface area contributed by atoms with Crippen molar-refractivity contribution in [3.05, 3.63) is 94.5 Å². The van der Waals surface area contributed by atoms with Crippen molar-refractivity contribution >= 4 is 16.9 Å². The molecule has 0 atom stereocenters. The van der Waals surface area contributed by atoms with Gasteiger partial charge < -0.3 is 9.26 Å². The first-order chi connectivity index (χ1) is 15.2. The van der Waals surface area contributed by atoms with Crippen LogP contribution in [0.15, 0.2) is 65.2 Å². The Morgan fingerprint density at radius 2 is 1.94 bits per heavy atom. The third kappa shape index (κ3) is 4.07. The SMILES string of the molecule is Cc1cc(COC(=O)c2c3c(nc4ccccc24)CCN(Cc2ccccc2)C3)no1. The maximum atomic E-state index is 13.2. The van der Waals surface area contributed by atoms with Crippen LogP contribution in [0.1, 0.15) is 38.6 Å². The van der Waals surface area contributed by atoms with E-state index in [0.29, 0.717) is 23.6 Å². The number of hydrogen-bond acceptors (Lipinski definition) is 6. The number of aromatic nitrogens is 2. The lowest BCUT2D eigenvalue weighted by atomic mass is 9.95. The van der Waals surface area contributed by atoms with Crippen molar-refractivity contribution in [1.29, 1.82) is 0 Å². The summed E-state index contributed by atoms with van der Waals surface area (Å²) in [6.07, 6.45) is 0.801. The van der Waals surface area contributed by atoms with E-state index in [1.165, 1.54) is 5.56 Å². The molecule has 0 fully saturated rings. The molecular weight excluding hydrogens is 390 g/mol. The number of aryl methyl sites for hydroxylation is 1. The lowest BCUT2D eigenvalue weighted by Crippen LogP contribution is -2.32. The number of para-hydroxylation sites is 1. The van der Waals surface area contributed by atoms with E-state index in [4.69, 9.17) is 14.2 Å². The molecule has 31 heavy (non-hydrogen) atoms. The van der Waals surface area contributed by atoms with Gasteiger partial charge in [0.05, 0.1) is 11.1 Å². The fraction of sp³-hybridized carbons (Fsp3) is 0.240. The van der Waals surface area contributed by atoms with Gasteiger partial charge in [-0.3, -0.25) is 9.88 Å². The fourth-order valence-electron chi connectivity index (χ4n) is 4.15. The van der Waals surface area contributed by atoms with Crippen molar-refractivity contribution in [1.82, 2.24) is 15.0 Å². The molecule has 6 heteroatoms. The van der Waals surface area contributed by atoms with Crippen molar-refractivity contribution in [2.24, 2.45) is 0 Å². The number of esters is 1. The van der Waals surface area contributed by atoms with E-state index in [1.54, 1.807) is 6.07 Å². The molecule has 156 valence electrons. The van der Waals surface area contributed by atoms with Gasteiger partial charge in [0.1, 0.15) is 18.1 Å². The number of rotatable bonds is 5. The molecule has 0 amide bonds. The summed E-state index contributed by atoms with van der Waals surface area (Å²) < 4.78 is 10.7. The molecule has 0 N–H and O–H groups in total. The van der Waals surface area contributed by atoms with Gasteiger partial charge in [0.15, 0.2) is 0 Å². The van der Waals surface area contributed by atoms with Crippen LogP contribution in [-0.2, 0) is 30.9 Å². The summed E-state index contributed by atoms with van der Waals surface area (Å²) in [6, 6.07) is 19.9. The van der Waals surface area contributed by atoms with Crippen molar-refractivity contribution in [2.75, 3.05) is 6.54 Å². The molecule has 2 aromatic carbocycles. The van der Waals surface area contributed by atoms with E-state index in [9.17, 15) is 4.79 Å². The van der Waals surface area contributed by atoms with Crippen LogP contribution in [0.4, 0.5) is 0 Å². The van der Waals surface area contributed by atoms with Gasteiger partial charge in [-0.15, -0.1) is 0 Å². The van der Waals surface area contributed by atoms with Crippen molar-refractivity contribution in [3.63, 3.8) is 0 Å². The van der Waals surface area contributed by atoms with Gasteiger partial charge in [0.25, 0.3) is 0 Å². The average Bonchev–Trinajstić information content (AvgIpc) is 3.21. The molecule has 5 rings (SSSR count). The Balaban J connectivity index is 1.47. The highest BCUT2D eigenvalue weighted by molar-refractivity contribution is 6.05. The Bertz CT molecular complexity index is 1230. The molecule has 2 aromatic heterocycles. The van der Waals surface area contributed by atoms with Crippen molar-refractivity contribution in [2.45, 2.75) is 33.0 Å². The first-order valence-corrected chi connectivity index (χ1v) is 10.4. The Labute approximate surface area is 180 Å². The predicted molar refractivity (Wildman–Crippen MR) is 116 cm³/mol. The van der Waals surface area contributed by atoms with Crippen LogP contribution in [-0.4, -0.2) is 27.6 Å². The monoisotopic (exact) mass is 413 g/mol. The molecule has 0 bridgehead atoms. The molecule has 1 aliphatic rings. The largest absolute Gasteiger partial charge is 0.455 e. The number of benzene rings is 2. The van der Waals surface area contributed by atoms with E-state index in [1.807, 2.05) is 37.3 Å². The maximum absolute atomic E-state index is 13.2. The van der Waals surface area contributed by atoms with Crippen LogP contribution >= 0.6 is 0 Å². The topological polar surface area (TPSA) is 68.5 Å². The highest BCUT2D eigenvalue weighted by Crippen LogP contribution is 2.29. The summed E-state index contributed by atoms with van der Waals surface area (Å²) in [5.41, 5.74) is 5.23. The highest BCUT2D eigenvalue weighted by atomic mass is 16.5. The fourth-order valence-corrected chi connectivity index (χ4v) is 4.15. The van der Waals surface area contributed by atoms with Gasteiger partial charge in [0, 0.05) is 48.8 Å². The van der Waals surface area contributed by atoms with Crippen LogP contribution in [0, 0.1) is 6.92 Å². The van der Waals surface area contributed by atoms with Crippen molar-refractivity contribution in [3.8, 4) is 0 Å². The molecule has 0 aliphatic carbocycles. The lowest BCUT2D eigenvalue weighted by Gasteiger charge is -2.30. The summed E-state index contributed by atoms with van der Waals surface area (Å²) in [7, 11) is 0. The smallest absolute Gasteiger partial charge is 0.339 e. The molecule has 3 heterocycles. The summed E-state index contributed by atoms with van der Waals surface area (Å²) in [5.74, 6) is 0.339. The number of hydrogen-bond donors (Lipinski definition) is 0. The van der Waals surface area contributed by atoms with Gasteiger partial charge in [-0.1, -0.05) is 53.7 Å². The Morgan fingerprint density at radius 1 is 1.13 bits per heavy atom. The predicted octanol–water partition coefficient (Wildman–Crippen LogP) is 4.45. The minimum Gasteiger partial charge on any atom is -0.455 e. The molecule has 0 spiro atoms. The Kier molecular flexibility index (Phi) is 5.22. The zero-order valence-corrected chi connectivity index (χ0v) is 17.4. The summed E-state index contributed by atoms with van der Waals surface area (Å²) >= 11 is 0. The maximum Gasteiger partial charge on any atom is 0.339 e. The summed E-state index contributed by atoms with van der Waals surface area (Å²) in [6.45, 7) is 4.29. The van der Waals surface area contributed by atoms with Gasteiger partial charge in [-0.05, 0) is 18.6 Å². The molecule has 0 radical (unpaired) electrons. The van der Waals surface area contributed by atoms with E-state index < -0.39 is 0 Å². The van der Waals surface area contributed by atoms with E-state index in [0.717, 1.165) is 41.7 Å². The Hall–Kier alpha value is -3.51. The molecular formula is C25H23N3O3. The molecule has 1 aliphatic heterocycles. The molecule has 6 nitrogen and oxygen atoms in total. The normalized spacial score (nSPS) is 13.8. The second kappa shape index (κ2) is 8.32. The third-order valence-corrected chi connectivity index (χ3v) is 5.61. The zero-order valence-electron chi connectivity index (χ0n) is 17.4. The molecule has 4 aromatic rings. The van der Waals surface area contributed by atoms with Crippen LogP contribution in [0.2, 0.25) is 0 Å². The third-order valence-electron chi connectivity index (χ3n) is 5.61. The quantitative estimate of drug-likeness (QED) is 0.451. The van der Waals surface area contributed by atoms with Gasteiger partial charge in [-0.2, -0.15) is 0 Å². The van der Waals surface area contributed by atoms with Crippen LogP contribution in [0.5, 0.6) is 0 Å². The zero-order chi connectivity index (χ0) is 21.2. The lowest BCUT2D eigenvalue weighted by molar-refractivity contribution is 0.0463. The average molecular weight is 413 g/mol. The number of pyridine rings is 1. The van der Waals surface area contributed by atoms with E-state index in [-0.39, 0.29) is 12.6 Å². The first kappa shape index (κ1) is 19.5.